The summed E-state index contributed by atoms with van der Waals surface area (Å²) < 4.78 is 0. The maximum atomic E-state index is 12.8. The summed E-state index contributed by atoms with van der Waals surface area (Å²) >= 11 is 0. The third kappa shape index (κ3) is 4.53. The molecule has 1 aromatic heterocycles. The first-order valence-electron chi connectivity index (χ1n) is 10.9. The minimum atomic E-state index is 0.202. The van der Waals surface area contributed by atoms with Crippen LogP contribution in [0.1, 0.15) is 57.8 Å². The molecule has 0 radical (unpaired) electrons. The molecule has 0 unspecified atom stereocenters. The van der Waals surface area contributed by atoms with Gasteiger partial charge in [0.1, 0.15) is 0 Å². The summed E-state index contributed by atoms with van der Waals surface area (Å²) in [5.41, 5.74) is 1.09. The van der Waals surface area contributed by atoms with Crippen molar-refractivity contribution < 1.29 is 4.79 Å². The van der Waals surface area contributed by atoms with E-state index in [4.69, 9.17) is 0 Å². The summed E-state index contributed by atoms with van der Waals surface area (Å²) in [5, 5.41) is 0. The molecule has 148 valence electrons. The van der Waals surface area contributed by atoms with Gasteiger partial charge in [-0.2, -0.15) is 0 Å². The summed E-state index contributed by atoms with van der Waals surface area (Å²) in [5.74, 6) is 1.46. The quantitative estimate of drug-likeness (QED) is 0.817. The van der Waals surface area contributed by atoms with Gasteiger partial charge in [0.15, 0.2) is 0 Å². The number of hydrogen-bond acceptors (Lipinski definition) is 5. The van der Waals surface area contributed by atoms with E-state index in [2.05, 4.69) is 24.7 Å². The Morgan fingerprint density at radius 1 is 0.741 bits per heavy atom. The fraction of sp³-hybridized carbons (Fsp3) is 0.762. The Kier molecular flexibility index (Phi) is 6.10. The van der Waals surface area contributed by atoms with E-state index in [0.29, 0.717) is 5.91 Å². The van der Waals surface area contributed by atoms with E-state index in [-0.39, 0.29) is 5.92 Å². The van der Waals surface area contributed by atoms with Crippen LogP contribution in [0.25, 0.3) is 0 Å². The van der Waals surface area contributed by atoms with Crippen LogP contribution in [0, 0.1) is 5.92 Å². The number of nitrogens with zero attached hydrogens (tertiary/aromatic N) is 5. The molecule has 0 spiro atoms. The summed E-state index contributed by atoms with van der Waals surface area (Å²) in [6.07, 6.45) is 14.5. The molecule has 0 N–H and O–H groups in total. The zero-order valence-electron chi connectivity index (χ0n) is 16.5. The van der Waals surface area contributed by atoms with Crippen molar-refractivity contribution in [2.24, 2.45) is 5.92 Å². The highest BCUT2D eigenvalue weighted by Gasteiger charge is 2.29. The molecule has 6 heteroatoms. The summed E-state index contributed by atoms with van der Waals surface area (Å²) in [6, 6.07) is 0. The van der Waals surface area contributed by atoms with E-state index in [1.807, 2.05) is 12.4 Å². The summed E-state index contributed by atoms with van der Waals surface area (Å²) in [7, 11) is 0. The molecule has 0 aliphatic carbocycles. The van der Waals surface area contributed by atoms with Crippen molar-refractivity contribution in [3.05, 3.63) is 12.4 Å². The minimum absolute atomic E-state index is 0.202. The average molecular weight is 372 g/mol. The highest BCUT2D eigenvalue weighted by Crippen LogP contribution is 2.26. The lowest BCUT2D eigenvalue weighted by Crippen LogP contribution is -2.43. The van der Waals surface area contributed by atoms with E-state index < -0.39 is 0 Å². The second-order valence-electron chi connectivity index (χ2n) is 8.29. The first-order chi connectivity index (χ1) is 13.3. The van der Waals surface area contributed by atoms with Gasteiger partial charge < -0.3 is 14.7 Å². The number of rotatable bonds is 3. The zero-order valence-corrected chi connectivity index (χ0v) is 16.5. The van der Waals surface area contributed by atoms with Crippen LogP contribution in [0.4, 0.5) is 11.6 Å². The third-order valence-corrected chi connectivity index (χ3v) is 6.39. The standard InChI is InChI=1S/C21H33N5O/c27-20(25-10-4-1-2-5-11-25)18-8-14-24(15-9-18)19-16-22-21(23-17-19)26-12-6-3-7-13-26/h16-18H,1-15H2. The van der Waals surface area contributed by atoms with Crippen LogP contribution in [0.2, 0.25) is 0 Å². The maximum absolute atomic E-state index is 12.8. The van der Waals surface area contributed by atoms with Gasteiger partial charge in [0.05, 0.1) is 18.1 Å². The molecule has 6 nitrogen and oxygen atoms in total. The maximum Gasteiger partial charge on any atom is 0.225 e. The van der Waals surface area contributed by atoms with E-state index in [0.717, 1.165) is 63.7 Å². The summed E-state index contributed by atoms with van der Waals surface area (Å²) in [6.45, 7) is 5.93. The summed E-state index contributed by atoms with van der Waals surface area (Å²) in [4.78, 5) is 28.8. The van der Waals surface area contributed by atoms with Gasteiger partial charge in [-0.1, -0.05) is 12.8 Å². The largest absolute Gasteiger partial charge is 0.369 e. The molecule has 3 saturated heterocycles. The Morgan fingerprint density at radius 2 is 1.30 bits per heavy atom. The van der Waals surface area contributed by atoms with E-state index in [1.54, 1.807) is 0 Å². The monoisotopic (exact) mass is 371 g/mol. The van der Waals surface area contributed by atoms with E-state index in [9.17, 15) is 4.79 Å². The van der Waals surface area contributed by atoms with Gasteiger partial charge in [0, 0.05) is 45.2 Å². The topological polar surface area (TPSA) is 52.6 Å². The van der Waals surface area contributed by atoms with Gasteiger partial charge in [-0.15, -0.1) is 0 Å². The van der Waals surface area contributed by atoms with Gasteiger partial charge >= 0.3 is 0 Å². The molecular formula is C21H33N5O. The first kappa shape index (κ1) is 18.5. The molecule has 27 heavy (non-hydrogen) atoms. The van der Waals surface area contributed by atoms with E-state index >= 15 is 0 Å². The predicted molar refractivity (Wildman–Crippen MR) is 108 cm³/mol. The number of aromatic nitrogens is 2. The molecule has 4 rings (SSSR count). The van der Waals surface area contributed by atoms with Crippen molar-refractivity contribution in [2.45, 2.75) is 57.8 Å². The molecule has 4 heterocycles. The lowest BCUT2D eigenvalue weighted by Gasteiger charge is -2.35. The highest BCUT2D eigenvalue weighted by molar-refractivity contribution is 5.79. The van der Waals surface area contributed by atoms with Crippen LogP contribution in [-0.2, 0) is 4.79 Å². The smallest absolute Gasteiger partial charge is 0.225 e. The van der Waals surface area contributed by atoms with Gasteiger partial charge in [-0.25, -0.2) is 9.97 Å². The van der Waals surface area contributed by atoms with Crippen LogP contribution < -0.4 is 9.80 Å². The van der Waals surface area contributed by atoms with Crippen LogP contribution in [0.5, 0.6) is 0 Å². The molecule has 0 aromatic carbocycles. The number of amides is 1. The van der Waals surface area contributed by atoms with Gasteiger partial charge in [-0.3, -0.25) is 4.79 Å². The lowest BCUT2D eigenvalue weighted by molar-refractivity contribution is -0.136. The molecule has 3 aliphatic heterocycles. The Hall–Kier alpha value is -1.85. The Morgan fingerprint density at radius 3 is 1.93 bits per heavy atom. The highest BCUT2D eigenvalue weighted by atomic mass is 16.2. The SMILES string of the molecule is O=C(C1CCN(c2cnc(N3CCCCC3)nc2)CC1)N1CCCCCC1. The molecule has 0 bridgehead atoms. The molecule has 1 amide bonds. The van der Waals surface area contributed by atoms with Crippen LogP contribution in [0.3, 0.4) is 0 Å². The van der Waals surface area contributed by atoms with Crippen molar-refractivity contribution in [3.8, 4) is 0 Å². The van der Waals surface area contributed by atoms with Crippen LogP contribution in [-0.4, -0.2) is 60.0 Å². The van der Waals surface area contributed by atoms with E-state index in [1.165, 1.54) is 44.9 Å². The molecule has 3 aliphatic rings. The predicted octanol–water partition coefficient (Wildman–Crippen LogP) is 3.09. The number of likely N-dealkylation sites (tertiary alicyclic amines) is 1. The Balaban J connectivity index is 1.30. The normalized spacial score (nSPS) is 22.6. The van der Waals surface area contributed by atoms with Crippen molar-refractivity contribution in [1.29, 1.82) is 0 Å². The number of carbonyl (C=O) groups is 1. The molecule has 3 fully saturated rings. The fourth-order valence-corrected chi connectivity index (χ4v) is 4.67. The minimum Gasteiger partial charge on any atom is -0.369 e. The van der Waals surface area contributed by atoms with Crippen LogP contribution >= 0.6 is 0 Å². The second-order valence-corrected chi connectivity index (χ2v) is 8.29. The molecule has 0 atom stereocenters. The lowest BCUT2D eigenvalue weighted by atomic mass is 9.95. The van der Waals surface area contributed by atoms with Crippen LogP contribution in [0.15, 0.2) is 12.4 Å². The zero-order chi connectivity index (χ0) is 18.5. The number of carbonyl (C=O) groups excluding carboxylic acids is 1. The molecule has 1 aromatic rings. The first-order valence-corrected chi connectivity index (χ1v) is 10.9. The van der Waals surface area contributed by atoms with Gasteiger partial charge in [0.25, 0.3) is 0 Å². The van der Waals surface area contributed by atoms with Gasteiger partial charge in [0.2, 0.25) is 11.9 Å². The Labute approximate surface area is 162 Å². The van der Waals surface area contributed by atoms with Crippen molar-refractivity contribution in [2.75, 3.05) is 49.1 Å². The Bertz CT molecular complexity index is 598. The third-order valence-electron chi connectivity index (χ3n) is 6.39. The molecular weight excluding hydrogens is 338 g/mol. The van der Waals surface area contributed by atoms with Crippen molar-refractivity contribution in [3.63, 3.8) is 0 Å². The van der Waals surface area contributed by atoms with Gasteiger partial charge in [-0.05, 0) is 44.9 Å². The number of hydrogen-bond donors (Lipinski definition) is 0. The number of piperidine rings is 2. The average Bonchev–Trinajstić information content (AvgIpc) is 3.04. The second kappa shape index (κ2) is 8.89. The van der Waals surface area contributed by atoms with Crippen molar-refractivity contribution >= 4 is 17.5 Å². The fourth-order valence-electron chi connectivity index (χ4n) is 4.67. The molecule has 0 saturated carbocycles. The van der Waals surface area contributed by atoms with Crippen molar-refractivity contribution in [1.82, 2.24) is 14.9 Å². The number of anilines is 2.